The Bertz CT molecular complexity index is 677. The number of aromatic nitrogens is 3. The molecule has 1 fully saturated rings. The van der Waals surface area contributed by atoms with Crippen molar-refractivity contribution in [2.24, 2.45) is 0 Å². The maximum absolute atomic E-state index is 11.9. The van der Waals surface area contributed by atoms with E-state index in [1.807, 2.05) is 18.2 Å². The zero-order chi connectivity index (χ0) is 15.5. The zero-order valence-corrected chi connectivity index (χ0v) is 11.8. The quantitative estimate of drug-likeness (QED) is 0.860. The summed E-state index contributed by atoms with van der Waals surface area (Å²) in [5.74, 6) is -0.841. The van der Waals surface area contributed by atoms with Crippen LogP contribution in [-0.2, 0) is 11.3 Å². The third-order valence-electron chi connectivity index (χ3n) is 3.84. The van der Waals surface area contributed by atoms with E-state index in [9.17, 15) is 9.59 Å². The number of nitrogens with one attached hydrogen (secondary N) is 1. The number of hydrogen-bond donors (Lipinski definition) is 2. The van der Waals surface area contributed by atoms with Gasteiger partial charge in [-0.05, 0) is 24.3 Å². The monoisotopic (exact) mass is 300 g/mol. The van der Waals surface area contributed by atoms with Crippen LogP contribution in [0.15, 0.2) is 36.5 Å². The molecule has 1 aromatic heterocycles. The summed E-state index contributed by atoms with van der Waals surface area (Å²) in [4.78, 5) is 22.6. The van der Waals surface area contributed by atoms with Crippen LogP contribution in [0.1, 0.15) is 34.8 Å². The van der Waals surface area contributed by atoms with E-state index >= 15 is 0 Å². The van der Waals surface area contributed by atoms with Crippen molar-refractivity contribution >= 4 is 11.9 Å². The molecule has 1 aromatic carbocycles. The van der Waals surface area contributed by atoms with Crippen LogP contribution in [-0.4, -0.2) is 38.0 Å². The van der Waals surface area contributed by atoms with Crippen LogP contribution >= 0.6 is 0 Å². The standard InChI is InChI=1S/C15H16N4O3/c20-14(9-19-8-13(15(21)22)17-18-19)16-12-6-11(7-12)10-4-2-1-3-5-10/h1-5,8,11-12H,6-7,9H2,(H,16,20)(H,21,22). The molecule has 2 aromatic rings. The number of rotatable bonds is 5. The Morgan fingerprint density at radius 2 is 2.00 bits per heavy atom. The fraction of sp³-hybridized carbons (Fsp3) is 0.333. The molecular formula is C15H16N4O3. The lowest BCUT2D eigenvalue weighted by Crippen LogP contribution is -2.44. The molecule has 1 heterocycles. The number of carboxylic acids is 1. The maximum atomic E-state index is 11.9. The minimum Gasteiger partial charge on any atom is -0.476 e. The van der Waals surface area contributed by atoms with Crippen LogP contribution in [0, 0.1) is 0 Å². The second-order valence-corrected chi connectivity index (χ2v) is 5.45. The Morgan fingerprint density at radius 1 is 1.27 bits per heavy atom. The van der Waals surface area contributed by atoms with Gasteiger partial charge in [-0.25, -0.2) is 9.48 Å². The van der Waals surface area contributed by atoms with E-state index in [4.69, 9.17) is 5.11 Å². The molecule has 0 spiro atoms. The van der Waals surface area contributed by atoms with Crippen molar-refractivity contribution < 1.29 is 14.7 Å². The molecule has 1 aliphatic carbocycles. The SMILES string of the molecule is O=C(Cn1cc(C(=O)O)nn1)NC1CC(c2ccccc2)C1. The summed E-state index contributed by atoms with van der Waals surface area (Å²) < 4.78 is 1.23. The molecule has 0 atom stereocenters. The van der Waals surface area contributed by atoms with Crippen molar-refractivity contribution in [3.8, 4) is 0 Å². The third-order valence-corrected chi connectivity index (χ3v) is 3.84. The Hall–Kier alpha value is -2.70. The van der Waals surface area contributed by atoms with Crippen LogP contribution in [0.2, 0.25) is 0 Å². The molecule has 1 amide bonds. The van der Waals surface area contributed by atoms with Gasteiger partial charge in [-0.3, -0.25) is 4.79 Å². The maximum Gasteiger partial charge on any atom is 0.358 e. The first-order valence-corrected chi connectivity index (χ1v) is 7.09. The molecule has 2 N–H and O–H groups in total. The van der Waals surface area contributed by atoms with E-state index in [0.29, 0.717) is 5.92 Å². The number of nitrogens with zero attached hydrogens (tertiary/aromatic N) is 3. The van der Waals surface area contributed by atoms with Gasteiger partial charge in [0.15, 0.2) is 5.69 Å². The predicted molar refractivity (Wildman–Crippen MR) is 77.3 cm³/mol. The molecule has 7 nitrogen and oxygen atoms in total. The van der Waals surface area contributed by atoms with E-state index in [1.165, 1.54) is 16.4 Å². The van der Waals surface area contributed by atoms with Gasteiger partial charge >= 0.3 is 5.97 Å². The number of carbonyl (C=O) groups is 2. The first kappa shape index (κ1) is 14.2. The fourth-order valence-corrected chi connectivity index (χ4v) is 2.63. The largest absolute Gasteiger partial charge is 0.476 e. The Kier molecular flexibility index (Phi) is 3.86. The van der Waals surface area contributed by atoms with Crippen LogP contribution in [0.5, 0.6) is 0 Å². The predicted octanol–water partition coefficient (Wildman–Crippen LogP) is 1.04. The van der Waals surface area contributed by atoms with Gasteiger partial charge in [0.2, 0.25) is 5.91 Å². The van der Waals surface area contributed by atoms with Gasteiger partial charge in [0, 0.05) is 6.04 Å². The lowest BCUT2D eigenvalue weighted by atomic mass is 9.76. The Morgan fingerprint density at radius 3 is 2.64 bits per heavy atom. The summed E-state index contributed by atoms with van der Waals surface area (Å²) in [5.41, 5.74) is 1.14. The van der Waals surface area contributed by atoms with Crippen molar-refractivity contribution in [3.63, 3.8) is 0 Å². The average molecular weight is 300 g/mol. The summed E-state index contributed by atoms with van der Waals surface area (Å²) in [6.45, 7) is -0.0210. The second kappa shape index (κ2) is 5.97. The number of hydrogen-bond acceptors (Lipinski definition) is 4. The summed E-state index contributed by atoms with van der Waals surface area (Å²) in [7, 11) is 0. The lowest BCUT2D eigenvalue weighted by molar-refractivity contribution is -0.123. The van der Waals surface area contributed by atoms with Gasteiger partial charge in [0.1, 0.15) is 6.54 Å². The van der Waals surface area contributed by atoms with Crippen molar-refractivity contribution in [1.82, 2.24) is 20.3 Å². The third kappa shape index (κ3) is 3.13. The van der Waals surface area contributed by atoms with Gasteiger partial charge in [0.25, 0.3) is 0 Å². The lowest BCUT2D eigenvalue weighted by Gasteiger charge is -2.36. The van der Waals surface area contributed by atoms with Crippen molar-refractivity contribution in [3.05, 3.63) is 47.8 Å². The van der Waals surface area contributed by atoms with E-state index < -0.39 is 5.97 Å². The van der Waals surface area contributed by atoms with Gasteiger partial charge in [0.05, 0.1) is 6.20 Å². The minimum absolute atomic E-state index is 0.0210. The molecule has 7 heteroatoms. The highest BCUT2D eigenvalue weighted by Crippen LogP contribution is 2.36. The molecule has 0 bridgehead atoms. The normalized spacial score (nSPS) is 20.2. The number of amides is 1. The molecule has 0 radical (unpaired) electrons. The summed E-state index contributed by atoms with van der Waals surface area (Å²) in [6, 6.07) is 10.4. The highest BCUT2D eigenvalue weighted by Gasteiger charge is 2.31. The van der Waals surface area contributed by atoms with Crippen LogP contribution < -0.4 is 5.32 Å². The van der Waals surface area contributed by atoms with Crippen LogP contribution in [0.3, 0.4) is 0 Å². The number of carboxylic acid groups (broad SMARTS) is 1. The first-order chi connectivity index (χ1) is 10.6. The molecule has 1 saturated carbocycles. The number of carbonyl (C=O) groups excluding carboxylic acids is 1. The molecule has 3 rings (SSSR count). The van der Waals surface area contributed by atoms with Crippen LogP contribution in [0.4, 0.5) is 0 Å². The number of aromatic carboxylic acids is 1. The molecule has 22 heavy (non-hydrogen) atoms. The Balaban J connectivity index is 1.46. The van der Waals surface area contributed by atoms with Gasteiger partial charge in [-0.1, -0.05) is 35.5 Å². The molecule has 0 unspecified atom stereocenters. The van der Waals surface area contributed by atoms with Crippen molar-refractivity contribution in [2.45, 2.75) is 31.3 Å². The average Bonchev–Trinajstić information content (AvgIpc) is 2.92. The van der Waals surface area contributed by atoms with E-state index in [2.05, 4.69) is 27.8 Å². The summed E-state index contributed by atoms with van der Waals surface area (Å²) >= 11 is 0. The van der Waals surface area contributed by atoms with Gasteiger partial charge < -0.3 is 10.4 Å². The van der Waals surface area contributed by atoms with E-state index in [-0.39, 0.29) is 24.2 Å². The summed E-state index contributed by atoms with van der Waals surface area (Å²) in [5, 5.41) is 18.8. The summed E-state index contributed by atoms with van der Waals surface area (Å²) in [6.07, 6.45) is 3.09. The van der Waals surface area contributed by atoms with E-state index in [0.717, 1.165) is 12.8 Å². The highest BCUT2D eigenvalue weighted by molar-refractivity contribution is 5.84. The fourth-order valence-electron chi connectivity index (χ4n) is 2.63. The highest BCUT2D eigenvalue weighted by atomic mass is 16.4. The van der Waals surface area contributed by atoms with Gasteiger partial charge in [-0.15, -0.1) is 5.10 Å². The van der Waals surface area contributed by atoms with E-state index in [1.54, 1.807) is 0 Å². The second-order valence-electron chi connectivity index (χ2n) is 5.45. The molecular weight excluding hydrogens is 284 g/mol. The zero-order valence-electron chi connectivity index (χ0n) is 11.8. The molecule has 0 aliphatic heterocycles. The molecule has 0 saturated heterocycles. The number of benzene rings is 1. The molecule has 1 aliphatic rings. The topological polar surface area (TPSA) is 97.1 Å². The smallest absolute Gasteiger partial charge is 0.358 e. The van der Waals surface area contributed by atoms with Crippen molar-refractivity contribution in [1.29, 1.82) is 0 Å². The molecule has 114 valence electrons. The first-order valence-electron chi connectivity index (χ1n) is 7.09. The minimum atomic E-state index is -1.16. The van der Waals surface area contributed by atoms with Gasteiger partial charge in [-0.2, -0.15) is 0 Å². The van der Waals surface area contributed by atoms with Crippen LogP contribution in [0.25, 0.3) is 0 Å². The van der Waals surface area contributed by atoms with Crippen molar-refractivity contribution in [2.75, 3.05) is 0 Å². The Labute approximate surface area is 126 Å².